The maximum absolute atomic E-state index is 12.3. The number of carbonyl (C=O) groups is 3. The minimum atomic E-state index is -0.707. The van der Waals surface area contributed by atoms with E-state index in [1.165, 1.54) is 7.05 Å². The Hall–Kier alpha value is -2.95. The predicted molar refractivity (Wildman–Crippen MR) is 102 cm³/mol. The zero-order valence-electron chi connectivity index (χ0n) is 15.8. The van der Waals surface area contributed by atoms with Crippen LogP contribution in [-0.4, -0.2) is 36.1 Å². The molecule has 0 saturated heterocycles. The van der Waals surface area contributed by atoms with Crippen molar-refractivity contribution >= 4 is 23.3 Å². The first-order valence-electron chi connectivity index (χ1n) is 8.43. The predicted octanol–water partition coefficient (Wildman–Crippen LogP) is 3.20. The van der Waals surface area contributed by atoms with Crippen LogP contribution in [0, 0.1) is 27.7 Å². The molecule has 5 heteroatoms. The minimum absolute atomic E-state index is 0.191. The largest absolute Gasteiger partial charge is 0.330 e. The molecular formula is C21H24N2O3. The van der Waals surface area contributed by atoms with Crippen LogP contribution < -0.4 is 5.32 Å². The summed E-state index contributed by atoms with van der Waals surface area (Å²) >= 11 is 0. The summed E-state index contributed by atoms with van der Waals surface area (Å²) in [5.41, 5.74) is 5.10. The van der Waals surface area contributed by atoms with Crippen molar-refractivity contribution in [3.8, 4) is 0 Å². The van der Waals surface area contributed by atoms with Gasteiger partial charge in [0.15, 0.2) is 0 Å². The Morgan fingerprint density at radius 3 is 1.96 bits per heavy atom. The first-order chi connectivity index (χ1) is 12.2. The van der Waals surface area contributed by atoms with Gasteiger partial charge in [0.2, 0.25) is 11.7 Å². The second-order valence-electron chi connectivity index (χ2n) is 6.68. The quantitative estimate of drug-likeness (QED) is 0.664. The van der Waals surface area contributed by atoms with Gasteiger partial charge in [-0.3, -0.25) is 14.4 Å². The molecule has 5 nitrogen and oxygen atoms in total. The molecule has 136 valence electrons. The van der Waals surface area contributed by atoms with Crippen molar-refractivity contribution in [2.45, 2.75) is 27.7 Å². The van der Waals surface area contributed by atoms with Crippen molar-refractivity contribution in [2.75, 3.05) is 18.9 Å². The fraction of sp³-hybridized carbons (Fsp3) is 0.286. The smallest absolute Gasteiger partial charge is 0.295 e. The van der Waals surface area contributed by atoms with Gasteiger partial charge in [-0.05, 0) is 38.8 Å². The fourth-order valence-electron chi connectivity index (χ4n) is 2.85. The third-order valence-corrected chi connectivity index (χ3v) is 4.18. The Balaban J connectivity index is 2.03. The standard InChI is InChI=1S/C21H24N2O3/c1-13-6-8-17(9-7-13)20(25)21(26)23(5)12-18(24)22-19-15(3)10-14(2)11-16(19)4/h6-11H,12H2,1-5H3,(H,22,24). The van der Waals surface area contributed by atoms with Crippen LogP contribution in [0.15, 0.2) is 36.4 Å². The normalized spacial score (nSPS) is 10.3. The lowest BCUT2D eigenvalue weighted by Gasteiger charge is -2.18. The molecule has 2 rings (SSSR count). The number of ketones is 1. The van der Waals surface area contributed by atoms with Gasteiger partial charge in [-0.1, -0.05) is 47.5 Å². The molecule has 0 atom stereocenters. The van der Waals surface area contributed by atoms with Gasteiger partial charge in [-0.15, -0.1) is 0 Å². The summed E-state index contributed by atoms with van der Waals surface area (Å²) in [5, 5.41) is 2.83. The van der Waals surface area contributed by atoms with Crippen molar-refractivity contribution in [1.82, 2.24) is 4.90 Å². The average molecular weight is 352 g/mol. The van der Waals surface area contributed by atoms with Crippen molar-refractivity contribution in [1.29, 1.82) is 0 Å². The maximum atomic E-state index is 12.3. The van der Waals surface area contributed by atoms with Gasteiger partial charge in [-0.25, -0.2) is 0 Å². The zero-order chi connectivity index (χ0) is 19.4. The highest BCUT2D eigenvalue weighted by Gasteiger charge is 2.22. The molecule has 0 unspecified atom stereocenters. The molecule has 1 N–H and O–H groups in total. The van der Waals surface area contributed by atoms with Crippen LogP contribution in [-0.2, 0) is 9.59 Å². The Morgan fingerprint density at radius 1 is 0.885 bits per heavy atom. The van der Waals surface area contributed by atoms with E-state index >= 15 is 0 Å². The molecule has 2 aromatic rings. The van der Waals surface area contributed by atoms with E-state index in [0.29, 0.717) is 5.56 Å². The van der Waals surface area contributed by atoms with Crippen LogP contribution in [0.3, 0.4) is 0 Å². The summed E-state index contributed by atoms with van der Waals surface area (Å²) in [6.45, 7) is 7.55. The number of likely N-dealkylation sites (N-methyl/N-ethyl adjacent to an activating group) is 1. The van der Waals surface area contributed by atoms with E-state index in [1.807, 2.05) is 39.8 Å². The maximum Gasteiger partial charge on any atom is 0.295 e. The van der Waals surface area contributed by atoms with Crippen molar-refractivity contribution < 1.29 is 14.4 Å². The summed E-state index contributed by atoms with van der Waals surface area (Å²) in [5.74, 6) is -1.67. The van der Waals surface area contributed by atoms with Gasteiger partial charge in [0.25, 0.3) is 5.91 Å². The minimum Gasteiger partial charge on any atom is -0.330 e. The summed E-state index contributed by atoms with van der Waals surface area (Å²) < 4.78 is 0. The van der Waals surface area contributed by atoms with Gasteiger partial charge in [0, 0.05) is 18.3 Å². The molecular weight excluding hydrogens is 328 g/mol. The number of Topliss-reactive ketones (excluding diaryl/α,β-unsaturated/α-hetero) is 1. The van der Waals surface area contributed by atoms with E-state index in [-0.39, 0.29) is 12.5 Å². The van der Waals surface area contributed by atoms with Gasteiger partial charge in [0.05, 0.1) is 6.54 Å². The first kappa shape index (κ1) is 19.4. The monoisotopic (exact) mass is 352 g/mol. The highest BCUT2D eigenvalue weighted by Crippen LogP contribution is 2.21. The number of hydrogen-bond donors (Lipinski definition) is 1. The van der Waals surface area contributed by atoms with E-state index in [0.717, 1.165) is 32.8 Å². The molecule has 2 aromatic carbocycles. The molecule has 26 heavy (non-hydrogen) atoms. The Morgan fingerprint density at radius 2 is 1.42 bits per heavy atom. The number of aryl methyl sites for hydroxylation is 4. The third kappa shape index (κ3) is 4.57. The molecule has 2 amide bonds. The molecule has 0 aliphatic rings. The first-order valence-corrected chi connectivity index (χ1v) is 8.43. The highest BCUT2D eigenvalue weighted by atomic mass is 16.2. The Kier molecular flexibility index (Phi) is 5.93. The number of nitrogens with zero attached hydrogens (tertiary/aromatic N) is 1. The number of amides is 2. The number of anilines is 1. The number of rotatable bonds is 5. The van der Waals surface area contributed by atoms with Crippen molar-refractivity contribution in [3.05, 3.63) is 64.2 Å². The molecule has 0 fully saturated rings. The van der Waals surface area contributed by atoms with Crippen LogP contribution in [0.25, 0.3) is 0 Å². The van der Waals surface area contributed by atoms with Gasteiger partial charge >= 0.3 is 0 Å². The molecule has 0 radical (unpaired) electrons. The lowest BCUT2D eigenvalue weighted by atomic mass is 10.1. The van der Waals surface area contributed by atoms with Gasteiger partial charge in [-0.2, -0.15) is 0 Å². The van der Waals surface area contributed by atoms with E-state index < -0.39 is 11.7 Å². The second kappa shape index (κ2) is 7.95. The summed E-state index contributed by atoms with van der Waals surface area (Å²) in [6, 6.07) is 10.7. The lowest BCUT2D eigenvalue weighted by Crippen LogP contribution is -2.39. The van der Waals surface area contributed by atoms with Crippen LogP contribution in [0.4, 0.5) is 5.69 Å². The van der Waals surface area contributed by atoms with E-state index in [2.05, 4.69) is 5.32 Å². The average Bonchev–Trinajstić information content (AvgIpc) is 2.57. The molecule has 0 bridgehead atoms. The van der Waals surface area contributed by atoms with Crippen LogP contribution in [0.5, 0.6) is 0 Å². The SMILES string of the molecule is Cc1ccc(C(=O)C(=O)N(C)CC(=O)Nc2c(C)cc(C)cc2C)cc1. The van der Waals surface area contributed by atoms with Crippen LogP contribution >= 0.6 is 0 Å². The van der Waals surface area contributed by atoms with Crippen LogP contribution in [0.2, 0.25) is 0 Å². The molecule has 0 aliphatic carbocycles. The second-order valence-corrected chi connectivity index (χ2v) is 6.68. The number of nitrogens with one attached hydrogen (secondary N) is 1. The summed E-state index contributed by atoms with van der Waals surface area (Å²) in [6.07, 6.45) is 0. The van der Waals surface area contributed by atoms with E-state index in [9.17, 15) is 14.4 Å². The molecule has 0 aliphatic heterocycles. The van der Waals surface area contributed by atoms with Gasteiger partial charge < -0.3 is 10.2 Å². The molecule has 0 heterocycles. The summed E-state index contributed by atoms with van der Waals surface area (Å²) in [7, 11) is 1.45. The van der Waals surface area contributed by atoms with E-state index in [4.69, 9.17) is 0 Å². The number of carbonyl (C=O) groups excluding carboxylic acids is 3. The van der Waals surface area contributed by atoms with Crippen molar-refractivity contribution in [3.63, 3.8) is 0 Å². The Labute approximate surface area is 154 Å². The summed E-state index contributed by atoms with van der Waals surface area (Å²) in [4.78, 5) is 38.0. The zero-order valence-corrected chi connectivity index (χ0v) is 15.8. The third-order valence-electron chi connectivity index (χ3n) is 4.18. The number of hydrogen-bond acceptors (Lipinski definition) is 3. The fourth-order valence-corrected chi connectivity index (χ4v) is 2.85. The number of benzene rings is 2. The van der Waals surface area contributed by atoms with Crippen molar-refractivity contribution in [2.24, 2.45) is 0 Å². The lowest BCUT2D eigenvalue weighted by molar-refractivity contribution is -0.129. The van der Waals surface area contributed by atoms with Crippen LogP contribution in [0.1, 0.15) is 32.6 Å². The molecule has 0 spiro atoms. The Bertz CT molecular complexity index is 831. The highest BCUT2D eigenvalue weighted by molar-refractivity contribution is 6.42. The topological polar surface area (TPSA) is 66.5 Å². The van der Waals surface area contributed by atoms with Gasteiger partial charge in [0.1, 0.15) is 0 Å². The molecule has 0 saturated carbocycles. The van der Waals surface area contributed by atoms with E-state index in [1.54, 1.807) is 24.3 Å². The molecule has 0 aromatic heterocycles.